The Bertz CT molecular complexity index is 1070. The second-order valence-electron chi connectivity index (χ2n) is 6.10. The molecule has 0 unspecified atom stereocenters. The van der Waals surface area contributed by atoms with Gasteiger partial charge in [0.25, 0.3) is 0 Å². The van der Waals surface area contributed by atoms with E-state index < -0.39 is 0 Å². The Balaban J connectivity index is 1.57. The number of aromatic nitrogens is 4. The molecule has 0 spiro atoms. The number of hydrogen-bond acceptors (Lipinski definition) is 5. The average molecular weight is 374 g/mol. The highest BCUT2D eigenvalue weighted by Gasteiger charge is 2.12. The molecular weight excluding hydrogens is 356 g/mol. The van der Waals surface area contributed by atoms with Crippen molar-refractivity contribution in [3.05, 3.63) is 77.9 Å². The van der Waals surface area contributed by atoms with Gasteiger partial charge in [-0.1, -0.05) is 73.3 Å². The van der Waals surface area contributed by atoms with Crippen molar-refractivity contribution < 1.29 is 4.79 Å². The van der Waals surface area contributed by atoms with Crippen molar-refractivity contribution in [3.8, 4) is 11.3 Å². The molecule has 0 saturated heterocycles. The maximum Gasteiger partial charge on any atom is 0.212 e. The lowest BCUT2D eigenvalue weighted by molar-refractivity contribution is 0.102. The number of nitrogens with zero attached hydrogens (tertiary/aromatic N) is 4. The third-order valence-electron chi connectivity index (χ3n) is 4.32. The highest BCUT2D eigenvalue weighted by atomic mass is 32.2. The Hall–Kier alpha value is -2.99. The molecule has 2 aromatic heterocycles. The minimum atomic E-state index is 0.0589. The van der Waals surface area contributed by atoms with E-state index in [1.165, 1.54) is 17.3 Å². The number of rotatable bonds is 6. The average Bonchev–Trinajstić information content (AvgIpc) is 3.15. The number of aryl methyl sites for hydroxylation is 1. The van der Waals surface area contributed by atoms with Crippen molar-refractivity contribution in [1.29, 1.82) is 0 Å². The molecular formula is C21H18N4OS. The number of ketones is 1. The number of fused-ring (bicyclic) bond motifs is 1. The minimum absolute atomic E-state index is 0.0589. The fraction of sp³-hybridized carbons (Fsp3) is 0.143. The van der Waals surface area contributed by atoms with E-state index in [-0.39, 0.29) is 5.78 Å². The van der Waals surface area contributed by atoms with Gasteiger partial charge in [-0.25, -0.2) is 0 Å². The lowest BCUT2D eigenvalue weighted by Gasteiger charge is -2.04. The number of thioether (sulfide) groups is 1. The van der Waals surface area contributed by atoms with Gasteiger partial charge in [0.2, 0.25) is 5.16 Å². The Labute approximate surface area is 161 Å². The first-order valence-electron chi connectivity index (χ1n) is 8.77. The number of Topliss-reactive ketones (excluding diaryl/α,β-unsaturated/α-hetero) is 1. The predicted molar refractivity (Wildman–Crippen MR) is 107 cm³/mol. The lowest BCUT2D eigenvalue weighted by Crippen LogP contribution is -2.03. The quantitative estimate of drug-likeness (QED) is 0.371. The van der Waals surface area contributed by atoms with Gasteiger partial charge >= 0.3 is 0 Å². The van der Waals surface area contributed by atoms with Gasteiger partial charge in [0.15, 0.2) is 11.4 Å². The van der Waals surface area contributed by atoms with Crippen LogP contribution >= 0.6 is 11.8 Å². The number of carbonyl (C=O) groups is 1. The van der Waals surface area contributed by atoms with E-state index in [2.05, 4.69) is 46.5 Å². The van der Waals surface area contributed by atoms with Crippen LogP contribution in [0.3, 0.4) is 0 Å². The van der Waals surface area contributed by atoms with Crippen molar-refractivity contribution in [2.24, 2.45) is 0 Å². The van der Waals surface area contributed by atoms with E-state index in [9.17, 15) is 4.79 Å². The Kier molecular flexibility index (Phi) is 4.98. The summed E-state index contributed by atoms with van der Waals surface area (Å²) in [6.45, 7) is 2.14. The van der Waals surface area contributed by atoms with Crippen molar-refractivity contribution in [2.75, 3.05) is 5.75 Å². The number of hydrogen-bond donors (Lipinski definition) is 0. The second kappa shape index (κ2) is 7.72. The highest BCUT2D eigenvalue weighted by Crippen LogP contribution is 2.22. The van der Waals surface area contributed by atoms with E-state index in [0.717, 1.165) is 17.7 Å². The van der Waals surface area contributed by atoms with E-state index in [0.29, 0.717) is 22.1 Å². The maximum absolute atomic E-state index is 12.3. The fourth-order valence-corrected chi connectivity index (χ4v) is 3.54. The Morgan fingerprint density at radius 2 is 1.74 bits per heavy atom. The Morgan fingerprint density at radius 1 is 0.963 bits per heavy atom. The normalized spacial score (nSPS) is 11.0. The summed E-state index contributed by atoms with van der Waals surface area (Å²) in [4.78, 5) is 12.3. The third kappa shape index (κ3) is 3.75. The summed E-state index contributed by atoms with van der Waals surface area (Å²) in [6.07, 6.45) is 1.01. The molecule has 0 atom stereocenters. The summed E-state index contributed by atoms with van der Waals surface area (Å²) < 4.78 is 1.70. The SMILES string of the molecule is CCc1ccc(-c2ccc3nnc(SCC(=O)c4ccccc4)n3n2)cc1. The van der Waals surface area contributed by atoms with Gasteiger partial charge in [-0.05, 0) is 24.1 Å². The monoisotopic (exact) mass is 374 g/mol. The second-order valence-corrected chi connectivity index (χ2v) is 7.04. The summed E-state index contributed by atoms with van der Waals surface area (Å²) in [5.74, 6) is 0.353. The highest BCUT2D eigenvalue weighted by molar-refractivity contribution is 7.99. The van der Waals surface area contributed by atoms with Crippen LogP contribution in [-0.4, -0.2) is 31.3 Å². The molecule has 2 heterocycles. The van der Waals surface area contributed by atoms with E-state index >= 15 is 0 Å². The molecule has 0 aliphatic rings. The minimum Gasteiger partial charge on any atom is -0.293 e. The van der Waals surface area contributed by atoms with Crippen molar-refractivity contribution in [1.82, 2.24) is 19.8 Å². The van der Waals surface area contributed by atoms with Gasteiger partial charge in [-0.15, -0.1) is 10.2 Å². The molecule has 134 valence electrons. The van der Waals surface area contributed by atoms with Gasteiger partial charge in [-0.3, -0.25) is 4.79 Å². The third-order valence-corrected chi connectivity index (χ3v) is 5.24. The smallest absolute Gasteiger partial charge is 0.212 e. The zero-order valence-corrected chi connectivity index (χ0v) is 15.7. The molecule has 0 saturated carbocycles. The fourth-order valence-electron chi connectivity index (χ4n) is 2.76. The van der Waals surface area contributed by atoms with Crippen LogP contribution in [0, 0.1) is 0 Å². The molecule has 0 aliphatic carbocycles. The summed E-state index contributed by atoms with van der Waals surface area (Å²) in [5, 5.41) is 13.6. The van der Waals surface area contributed by atoms with Crippen LogP contribution < -0.4 is 0 Å². The zero-order valence-electron chi connectivity index (χ0n) is 14.9. The van der Waals surface area contributed by atoms with E-state index in [4.69, 9.17) is 0 Å². The van der Waals surface area contributed by atoms with Gasteiger partial charge in [0.1, 0.15) is 0 Å². The molecule has 27 heavy (non-hydrogen) atoms. The first kappa shape index (κ1) is 17.4. The molecule has 4 aromatic rings. The Morgan fingerprint density at radius 3 is 2.48 bits per heavy atom. The van der Waals surface area contributed by atoms with Crippen LogP contribution in [0.5, 0.6) is 0 Å². The summed E-state index contributed by atoms with van der Waals surface area (Å²) in [6, 6.07) is 21.5. The van der Waals surface area contributed by atoms with Gasteiger partial charge in [0, 0.05) is 11.1 Å². The van der Waals surface area contributed by atoms with Crippen LogP contribution in [0.15, 0.2) is 71.9 Å². The molecule has 0 radical (unpaired) electrons. The van der Waals surface area contributed by atoms with E-state index in [1.807, 2.05) is 42.5 Å². The van der Waals surface area contributed by atoms with Crippen LogP contribution in [-0.2, 0) is 6.42 Å². The first-order valence-corrected chi connectivity index (χ1v) is 9.76. The van der Waals surface area contributed by atoms with Crippen molar-refractivity contribution in [3.63, 3.8) is 0 Å². The summed E-state index contributed by atoms with van der Waals surface area (Å²) in [5.41, 5.74) is 4.54. The van der Waals surface area contributed by atoms with Gasteiger partial charge < -0.3 is 0 Å². The number of carbonyl (C=O) groups excluding carboxylic acids is 1. The molecule has 6 heteroatoms. The molecule has 0 fully saturated rings. The molecule has 0 bridgehead atoms. The lowest BCUT2D eigenvalue weighted by atomic mass is 10.1. The maximum atomic E-state index is 12.3. The molecule has 0 N–H and O–H groups in total. The summed E-state index contributed by atoms with van der Waals surface area (Å²) >= 11 is 1.35. The molecule has 4 rings (SSSR count). The molecule has 0 amide bonds. The van der Waals surface area contributed by atoms with Crippen LogP contribution in [0.1, 0.15) is 22.8 Å². The standard InChI is InChI=1S/C21H18N4OS/c1-2-15-8-10-16(11-9-15)18-12-13-20-22-23-21(25(20)24-18)27-14-19(26)17-6-4-3-5-7-17/h3-13H,2,14H2,1H3. The van der Waals surface area contributed by atoms with Crippen LogP contribution in [0.2, 0.25) is 0 Å². The molecule has 2 aromatic carbocycles. The largest absolute Gasteiger partial charge is 0.293 e. The van der Waals surface area contributed by atoms with E-state index in [1.54, 1.807) is 4.52 Å². The van der Waals surface area contributed by atoms with Crippen LogP contribution in [0.4, 0.5) is 0 Å². The van der Waals surface area contributed by atoms with Gasteiger partial charge in [-0.2, -0.15) is 9.61 Å². The van der Waals surface area contributed by atoms with Crippen LogP contribution in [0.25, 0.3) is 16.9 Å². The summed E-state index contributed by atoms with van der Waals surface area (Å²) in [7, 11) is 0. The molecule has 5 nitrogen and oxygen atoms in total. The topological polar surface area (TPSA) is 60.2 Å². The van der Waals surface area contributed by atoms with Crippen molar-refractivity contribution >= 4 is 23.2 Å². The van der Waals surface area contributed by atoms with Crippen molar-refractivity contribution in [2.45, 2.75) is 18.5 Å². The predicted octanol–water partition coefficient (Wildman–Crippen LogP) is 4.33. The number of benzene rings is 2. The zero-order chi connectivity index (χ0) is 18.6. The molecule has 0 aliphatic heterocycles. The van der Waals surface area contributed by atoms with Gasteiger partial charge in [0.05, 0.1) is 11.4 Å². The first-order chi connectivity index (χ1) is 13.2.